The minimum atomic E-state index is -1.62. The Morgan fingerprint density at radius 1 is 1.24 bits per heavy atom. The largest absolute Gasteiger partial charge is 0.488 e. The molecule has 6 heteroatoms. The molecular formula is C15H22BFN2O2. The van der Waals surface area contributed by atoms with Crippen molar-refractivity contribution in [3.63, 3.8) is 0 Å². The fraction of sp³-hybridized carbons (Fsp3) is 0.600. The van der Waals surface area contributed by atoms with E-state index < -0.39 is 12.9 Å². The second-order valence-corrected chi connectivity index (χ2v) is 6.29. The predicted molar refractivity (Wildman–Crippen MR) is 80.7 cm³/mol. The average molecular weight is 292 g/mol. The van der Waals surface area contributed by atoms with Crippen molar-refractivity contribution in [2.24, 2.45) is 0 Å². The van der Waals surface area contributed by atoms with Gasteiger partial charge in [-0.2, -0.15) is 0 Å². The van der Waals surface area contributed by atoms with Crippen LogP contribution in [0.15, 0.2) is 18.2 Å². The molecule has 2 heterocycles. The van der Waals surface area contributed by atoms with Crippen LogP contribution in [-0.2, 0) is 6.54 Å². The number of fused-ring (bicyclic) bond motifs is 2. The summed E-state index contributed by atoms with van der Waals surface area (Å²) in [6.07, 6.45) is 3.66. The maximum Gasteiger partial charge on any atom is 0.488 e. The first-order valence-electron chi connectivity index (χ1n) is 7.63. The zero-order valence-electron chi connectivity index (χ0n) is 12.4. The van der Waals surface area contributed by atoms with Crippen LogP contribution < -0.4 is 5.46 Å². The molecule has 2 aliphatic heterocycles. The van der Waals surface area contributed by atoms with E-state index in [-0.39, 0.29) is 5.46 Å². The Balaban J connectivity index is 1.75. The minimum absolute atomic E-state index is 0.276. The molecule has 1 aromatic carbocycles. The number of rotatable bonds is 3. The molecule has 2 bridgehead atoms. The fourth-order valence-electron chi connectivity index (χ4n) is 3.71. The highest BCUT2D eigenvalue weighted by molar-refractivity contribution is 6.59. The van der Waals surface area contributed by atoms with E-state index in [2.05, 4.69) is 16.8 Å². The number of likely N-dealkylation sites (N-methyl/N-ethyl adjacent to an activating group) is 1. The van der Waals surface area contributed by atoms with E-state index in [0.717, 1.165) is 25.1 Å². The van der Waals surface area contributed by atoms with Gasteiger partial charge in [0, 0.05) is 31.7 Å². The zero-order valence-corrected chi connectivity index (χ0v) is 12.4. The summed E-state index contributed by atoms with van der Waals surface area (Å²) >= 11 is 0. The van der Waals surface area contributed by atoms with E-state index in [1.165, 1.54) is 25.0 Å². The maximum absolute atomic E-state index is 13.3. The van der Waals surface area contributed by atoms with E-state index >= 15 is 0 Å². The van der Waals surface area contributed by atoms with Gasteiger partial charge in [-0.1, -0.05) is 6.07 Å². The van der Waals surface area contributed by atoms with E-state index in [9.17, 15) is 14.4 Å². The molecule has 2 atom stereocenters. The molecule has 0 spiro atoms. The predicted octanol–water partition coefficient (Wildman–Crippen LogP) is 0.174. The minimum Gasteiger partial charge on any atom is -0.423 e. The van der Waals surface area contributed by atoms with Crippen LogP contribution in [0.1, 0.15) is 24.8 Å². The van der Waals surface area contributed by atoms with Crippen LogP contribution in [0.25, 0.3) is 0 Å². The number of benzene rings is 1. The van der Waals surface area contributed by atoms with Gasteiger partial charge in [0.1, 0.15) is 5.82 Å². The van der Waals surface area contributed by atoms with Crippen LogP contribution in [0, 0.1) is 5.82 Å². The van der Waals surface area contributed by atoms with Crippen LogP contribution in [0.2, 0.25) is 0 Å². The van der Waals surface area contributed by atoms with Crippen LogP contribution in [0.4, 0.5) is 4.39 Å². The average Bonchev–Trinajstić information content (AvgIpc) is 2.68. The molecule has 0 aromatic heterocycles. The lowest BCUT2D eigenvalue weighted by molar-refractivity contribution is 0.215. The van der Waals surface area contributed by atoms with Crippen LogP contribution in [-0.4, -0.2) is 59.2 Å². The number of hydrogen-bond acceptors (Lipinski definition) is 4. The Morgan fingerprint density at radius 3 is 2.76 bits per heavy atom. The molecule has 0 amide bonds. The molecular weight excluding hydrogens is 270 g/mol. The molecule has 2 fully saturated rings. The quantitative estimate of drug-likeness (QED) is 0.780. The van der Waals surface area contributed by atoms with Gasteiger partial charge < -0.3 is 10.0 Å². The number of hydrogen-bond donors (Lipinski definition) is 2. The summed E-state index contributed by atoms with van der Waals surface area (Å²) in [6, 6.07) is 5.53. The van der Waals surface area contributed by atoms with Crippen molar-refractivity contribution in [3.8, 4) is 0 Å². The molecule has 2 unspecified atom stereocenters. The molecule has 114 valence electrons. The molecule has 2 saturated heterocycles. The van der Waals surface area contributed by atoms with E-state index in [1.54, 1.807) is 6.07 Å². The third-order valence-electron chi connectivity index (χ3n) is 5.01. The molecule has 0 aliphatic carbocycles. The first kappa shape index (κ1) is 15.0. The third-order valence-corrected chi connectivity index (χ3v) is 5.01. The van der Waals surface area contributed by atoms with Gasteiger partial charge in [-0.3, -0.25) is 9.80 Å². The van der Waals surface area contributed by atoms with Gasteiger partial charge in [-0.15, -0.1) is 0 Å². The van der Waals surface area contributed by atoms with Crippen LogP contribution in [0.3, 0.4) is 0 Å². The van der Waals surface area contributed by atoms with E-state index in [1.807, 2.05) is 0 Å². The van der Waals surface area contributed by atoms with Gasteiger partial charge in [-0.25, -0.2) is 4.39 Å². The summed E-state index contributed by atoms with van der Waals surface area (Å²) in [7, 11) is 0.578. The molecule has 1 aromatic rings. The number of likely N-dealkylation sites (tertiary alicyclic amines) is 1. The lowest BCUT2D eigenvalue weighted by Gasteiger charge is -2.26. The Morgan fingerprint density at radius 2 is 2.00 bits per heavy atom. The highest BCUT2D eigenvalue weighted by Crippen LogP contribution is 2.28. The normalized spacial score (nSPS) is 26.9. The molecule has 21 heavy (non-hydrogen) atoms. The van der Waals surface area contributed by atoms with Crippen molar-refractivity contribution in [1.82, 2.24) is 9.80 Å². The Labute approximate surface area is 125 Å². The van der Waals surface area contributed by atoms with Gasteiger partial charge in [0.2, 0.25) is 0 Å². The standard InChI is InChI=1S/C15H22BFN2O2/c1-18-13-4-5-14(18)10-19(7-6-13)9-11-2-3-12(17)8-15(11)16(20)21/h2-3,8,13-14,20-21H,4-7,9-10H2,1H3. The highest BCUT2D eigenvalue weighted by atomic mass is 19.1. The van der Waals surface area contributed by atoms with Gasteiger partial charge in [0.25, 0.3) is 0 Å². The second kappa shape index (κ2) is 6.05. The maximum atomic E-state index is 13.3. The Kier molecular flexibility index (Phi) is 4.31. The van der Waals surface area contributed by atoms with E-state index in [0.29, 0.717) is 18.6 Å². The second-order valence-electron chi connectivity index (χ2n) is 6.29. The molecule has 4 nitrogen and oxygen atoms in total. The Bertz CT molecular complexity index is 514. The van der Waals surface area contributed by atoms with Gasteiger partial charge in [0.15, 0.2) is 0 Å². The van der Waals surface area contributed by atoms with Crippen LogP contribution in [0.5, 0.6) is 0 Å². The van der Waals surface area contributed by atoms with Crippen molar-refractivity contribution < 1.29 is 14.4 Å². The fourth-order valence-corrected chi connectivity index (χ4v) is 3.71. The summed E-state index contributed by atoms with van der Waals surface area (Å²) < 4.78 is 13.3. The number of halogens is 1. The monoisotopic (exact) mass is 292 g/mol. The van der Waals surface area contributed by atoms with Crippen molar-refractivity contribution >= 4 is 12.6 Å². The lowest BCUT2D eigenvalue weighted by Crippen LogP contribution is -2.39. The SMILES string of the molecule is CN1C2CCC1CN(Cc1ccc(F)cc1B(O)O)CC2. The summed E-state index contributed by atoms with van der Waals surface area (Å²) in [5.74, 6) is -0.434. The molecule has 0 saturated carbocycles. The molecule has 3 rings (SSSR count). The summed E-state index contributed by atoms with van der Waals surface area (Å²) in [5.41, 5.74) is 1.07. The van der Waals surface area contributed by atoms with Crippen molar-refractivity contribution in [3.05, 3.63) is 29.6 Å². The summed E-state index contributed by atoms with van der Waals surface area (Å²) in [4.78, 5) is 4.83. The first-order valence-corrected chi connectivity index (χ1v) is 7.63. The summed E-state index contributed by atoms with van der Waals surface area (Å²) in [5, 5.41) is 18.8. The topological polar surface area (TPSA) is 46.9 Å². The first-order chi connectivity index (χ1) is 10.0. The van der Waals surface area contributed by atoms with Gasteiger partial charge in [-0.05, 0) is 49.5 Å². The van der Waals surface area contributed by atoms with Crippen molar-refractivity contribution in [1.29, 1.82) is 0 Å². The lowest BCUT2D eigenvalue weighted by atomic mass is 9.77. The highest BCUT2D eigenvalue weighted by Gasteiger charge is 2.34. The molecule has 0 radical (unpaired) electrons. The third kappa shape index (κ3) is 3.13. The van der Waals surface area contributed by atoms with E-state index in [4.69, 9.17) is 0 Å². The van der Waals surface area contributed by atoms with Crippen molar-refractivity contribution in [2.75, 3.05) is 20.1 Å². The van der Waals surface area contributed by atoms with Gasteiger partial charge >= 0.3 is 7.12 Å². The summed E-state index contributed by atoms with van der Waals surface area (Å²) in [6.45, 7) is 2.64. The van der Waals surface area contributed by atoms with Crippen LogP contribution >= 0.6 is 0 Å². The van der Waals surface area contributed by atoms with Crippen molar-refractivity contribution in [2.45, 2.75) is 37.9 Å². The molecule has 2 N–H and O–H groups in total. The Hall–Kier alpha value is -0.945. The number of nitrogens with zero attached hydrogens (tertiary/aromatic N) is 2. The van der Waals surface area contributed by atoms with Gasteiger partial charge in [0.05, 0.1) is 0 Å². The molecule has 2 aliphatic rings. The zero-order chi connectivity index (χ0) is 15.0. The smallest absolute Gasteiger partial charge is 0.423 e.